The molecule has 1 aromatic carbocycles. The highest BCUT2D eigenvalue weighted by atomic mass is 127. The Bertz CT molecular complexity index is 254. The fourth-order valence-corrected chi connectivity index (χ4v) is 1.21. The standard InChI is InChI=1S/C7H4F3I/c8-7(9,10)5-2-1-3-6(11)4-5/h1-4H/q-1. The van der Waals surface area contributed by atoms with E-state index in [1.807, 2.05) is 22.6 Å². The van der Waals surface area contributed by atoms with Crippen molar-refractivity contribution in [3.63, 3.8) is 0 Å². The molecule has 1 radical (unpaired) electrons. The van der Waals surface area contributed by atoms with Gasteiger partial charge in [0.1, 0.15) is 0 Å². The van der Waals surface area contributed by atoms with E-state index in [1.165, 1.54) is 6.07 Å². The second kappa shape index (κ2) is 3.00. The molecule has 0 fully saturated rings. The van der Waals surface area contributed by atoms with Crippen LogP contribution < -0.4 is 22.6 Å². The molecule has 0 aromatic heterocycles. The normalized spacial score (nSPS) is 11.6. The Morgan fingerprint density at radius 3 is 2.18 bits per heavy atom. The maximum absolute atomic E-state index is 12.0. The number of halogens is 4. The first-order valence-electron chi connectivity index (χ1n) is 2.83. The summed E-state index contributed by atoms with van der Waals surface area (Å²) >= 11 is 1.85. The summed E-state index contributed by atoms with van der Waals surface area (Å²) in [5, 5.41) is 0. The van der Waals surface area contributed by atoms with Crippen molar-refractivity contribution in [1.82, 2.24) is 0 Å². The van der Waals surface area contributed by atoms with Crippen molar-refractivity contribution in [2.24, 2.45) is 0 Å². The Balaban J connectivity index is 3.06. The predicted molar refractivity (Wildman–Crippen MR) is 30.1 cm³/mol. The molecule has 0 bridgehead atoms. The van der Waals surface area contributed by atoms with Crippen molar-refractivity contribution in [3.05, 3.63) is 33.4 Å². The molecule has 0 nitrogen and oxygen atoms in total. The van der Waals surface area contributed by atoms with Crippen LogP contribution in [0.4, 0.5) is 13.2 Å². The van der Waals surface area contributed by atoms with Gasteiger partial charge in [-0.2, -0.15) is 16.7 Å². The van der Waals surface area contributed by atoms with Gasteiger partial charge < -0.3 is 22.6 Å². The lowest BCUT2D eigenvalue weighted by molar-refractivity contribution is -0.328. The van der Waals surface area contributed by atoms with Crippen molar-refractivity contribution in [2.75, 3.05) is 0 Å². The molecule has 0 heterocycles. The van der Waals surface area contributed by atoms with Gasteiger partial charge in [0.05, 0.1) is 5.56 Å². The summed E-state index contributed by atoms with van der Waals surface area (Å²) in [6.45, 7) is 0. The van der Waals surface area contributed by atoms with E-state index in [9.17, 15) is 13.2 Å². The minimum Gasteiger partial charge on any atom is -0.759 e. The lowest BCUT2D eigenvalue weighted by Crippen LogP contribution is -3.34. The molecule has 0 N–H and O–H groups in total. The van der Waals surface area contributed by atoms with E-state index < -0.39 is 11.7 Å². The molecule has 0 saturated heterocycles. The summed E-state index contributed by atoms with van der Waals surface area (Å²) in [4.78, 5) is 0. The fraction of sp³-hybridized carbons (Fsp3) is 0.143. The highest BCUT2D eigenvalue weighted by Crippen LogP contribution is 2.28. The van der Waals surface area contributed by atoms with Crippen LogP contribution in [0.1, 0.15) is 5.56 Å². The lowest BCUT2D eigenvalue weighted by atomic mass is 10.2. The van der Waals surface area contributed by atoms with Crippen LogP contribution in [0.15, 0.2) is 24.3 Å². The van der Waals surface area contributed by atoms with E-state index >= 15 is 0 Å². The molecule has 11 heavy (non-hydrogen) atoms. The van der Waals surface area contributed by atoms with E-state index in [0.29, 0.717) is 3.57 Å². The molecule has 0 spiro atoms. The zero-order valence-corrected chi connectivity index (χ0v) is 7.48. The highest BCUT2D eigenvalue weighted by molar-refractivity contribution is 5.16. The van der Waals surface area contributed by atoms with Gasteiger partial charge >= 0.3 is 6.18 Å². The van der Waals surface area contributed by atoms with Crippen LogP contribution in [0.25, 0.3) is 0 Å². The maximum atomic E-state index is 12.0. The average molecular weight is 272 g/mol. The van der Waals surface area contributed by atoms with E-state index in [4.69, 9.17) is 0 Å². The largest absolute Gasteiger partial charge is 0.759 e. The summed E-state index contributed by atoms with van der Waals surface area (Å²) < 4.78 is 36.5. The molecular weight excluding hydrogens is 268 g/mol. The summed E-state index contributed by atoms with van der Waals surface area (Å²) in [7, 11) is 0. The second-order valence-corrected chi connectivity index (χ2v) is 3.25. The maximum Gasteiger partial charge on any atom is 0.416 e. The molecule has 0 aliphatic carbocycles. The summed E-state index contributed by atoms with van der Waals surface area (Å²) in [6, 6.07) is 5.18. The number of alkyl halides is 3. The number of benzene rings is 1. The van der Waals surface area contributed by atoms with Gasteiger partial charge in [0.25, 0.3) is 0 Å². The molecular formula is C7H4F3I-. The first-order valence-corrected chi connectivity index (χ1v) is 3.91. The third kappa shape index (κ3) is 2.36. The molecule has 0 aliphatic heterocycles. The van der Waals surface area contributed by atoms with Crippen molar-refractivity contribution in [2.45, 2.75) is 6.18 Å². The van der Waals surface area contributed by atoms with E-state index in [2.05, 4.69) is 0 Å². The lowest BCUT2D eigenvalue weighted by Gasteiger charge is -2.10. The Morgan fingerprint density at radius 2 is 1.82 bits per heavy atom. The smallest absolute Gasteiger partial charge is 0.416 e. The topological polar surface area (TPSA) is 0 Å². The van der Waals surface area contributed by atoms with Crippen LogP contribution in [0.2, 0.25) is 0 Å². The Hall–Kier alpha value is -0.260. The molecule has 1 rings (SSSR count). The first kappa shape index (κ1) is 8.83. The van der Waals surface area contributed by atoms with Crippen molar-refractivity contribution >= 4 is 0 Å². The molecule has 61 valence electrons. The van der Waals surface area contributed by atoms with Crippen molar-refractivity contribution in [3.8, 4) is 0 Å². The van der Waals surface area contributed by atoms with E-state index in [0.717, 1.165) is 12.1 Å². The minimum absolute atomic E-state index is 0.593. The van der Waals surface area contributed by atoms with Gasteiger partial charge in [0.2, 0.25) is 0 Å². The van der Waals surface area contributed by atoms with Crippen LogP contribution in [0, 0.1) is 3.57 Å². The second-order valence-electron chi connectivity index (χ2n) is 2.01. The van der Waals surface area contributed by atoms with Gasteiger partial charge in [0, 0.05) is 0 Å². The quantitative estimate of drug-likeness (QED) is 0.555. The fourth-order valence-electron chi connectivity index (χ4n) is 0.665. The summed E-state index contributed by atoms with van der Waals surface area (Å²) in [6.07, 6.45) is -4.22. The van der Waals surface area contributed by atoms with Crippen LogP contribution in [-0.4, -0.2) is 0 Å². The van der Waals surface area contributed by atoms with Gasteiger partial charge in [-0.3, -0.25) is 0 Å². The number of rotatable bonds is 0. The molecule has 0 atom stereocenters. The highest BCUT2D eigenvalue weighted by Gasteiger charge is 2.29. The van der Waals surface area contributed by atoms with Gasteiger partial charge in [0.15, 0.2) is 0 Å². The molecule has 0 aliphatic rings. The Labute approximate surface area is 75.6 Å². The van der Waals surface area contributed by atoms with Crippen molar-refractivity contribution in [1.29, 1.82) is 0 Å². The zero-order valence-electron chi connectivity index (χ0n) is 5.32. The van der Waals surface area contributed by atoms with Gasteiger partial charge in [-0.1, -0.05) is 24.3 Å². The third-order valence-corrected chi connectivity index (χ3v) is 1.82. The SMILES string of the molecule is FC(F)(F)c1cccc([I-])c1. The Kier molecular flexibility index (Phi) is 2.41. The molecule has 0 saturated carbocycles. The van der Waals surface area contributed by atoms with Gasteiger partial charge in [-0.15, -0.1) is 0 Å². The molecule has 1 aromatic rings. The van der Waals surface area contributed by atoms with Crippen LogP contribution in [0.3, 0.4) is 0 Å². The number of hydrogen-bond donors (Lipinski definition) is 0. The van der Waals surface area contributed by atoms with Crippen LogP contribution in [0.5, 0.6) is 0 Å². The van der Waals surface area contributed by atoms with Crippen molar-refractivity contribution < 1.29 is 35.8 Å². The van der Waals surface area contributed by atoms with E-state index in [-0.39, 0.29) is 0 Å². The molecule has 4 heteroatoms. The Morgan fingerprint density at radius 1 is 1.18 bits per heavy atom. The monoisotopic (exact) mass is 272 g/mol. The molecule has 0 amide bonds. The number of hydrogen-bond acceptors (Lipinski definition) is 0. The molecule has 0 unspecified atom stereocenters. The zero-order chi connectivity index (χ0) is 8.48. The van der Waals surface area contributed by atoms with Crippen LogP contribution in [-0.2, 0) is 6.18 Å². The van der Waals surface area contributed by atoms with Gasteiger partial charge in [-0.25, -0.2) is 0 Å². The average Bonchev–Trinajstić information content (AvgIpc) is 1.86. The predicted octanol–water partition coefficient (Wildman–Crippen LogP) is -0.572. The summed E-state index contributed by atoms with van der Waals surface area (Å²) in [5.74, 6) is 0. The first-order chi connectivity index (χ1) is 5.00. The van der Waals surface area contributed by atoms with Crippen LogP contribution >= 0.6 is 0 Å². The minimum atomic E-state index is -4.22. The summed E-state index contributed by atoms with van der Waals surface area (Å²) in [5.41, 5.74) is -0.593. The third-order valence-electron chi connectivity index (χ3n) is 1.15. The van der Waals surface area contributed by atoms with Gasteiger partial charge in [-0.05, 0) is 0 Å². The van der Waals surface area contributed by atoms with E-state index in [1.54, 1.807) is 6.07 Å².